The molecule has 13 heteroatoms. The van der Waals surface area contributed by atoms with Gasteiger partial charge in [-0.05, 0) is 25.1 Å². The van der Waals surface area contributed by atoms with E-state index in [2.05, 4.69) is 19.7 Å². The summed E-state index contributed by atoms with van der Waals surface area (Å²) in [6.07, 6.45) is -7.75. The zero-order chi connectivity index (χ0) is 22.8. The van der Waals surface area contributed by atoms with Gasteiger partial charge in [0.15, 0.2) is 18.4 Å². The first-order valence-electron chi connectivity index (χ1n) is 8.63. The first-order valence-corrected chi connectivity index (χ1v) is 9.95. The Bertz CT molecular complexity index is 1100. The number of imidazole rings is 1. The summed E-state index contributed by atoms with van der Waals surface area (Å²) in [5.41, 5.74) is 1.23. The largest absolute Gasteiger partial charge is 0.484 e. The molecule has 1 N–H and O–H groups in total. The van der Waals surface area contributed by atoms with Gasteiger partial charge in [0.2, 0.25) is 0 Å². The number of nitrogens with one attached hydrogen (secondary N) is 1. The maximum Gasteiger partial charge on any atom is 0.422 e. The zero-order valence-electron chi connectivity index (χ0n) is 15.8. The van der Waals surface area contributed by atoms with E-state index in [9.17, 15) is 30.6 Å². The normalized spacial score (nSPS) is 13.4. The Morgan fingerprint density at radius 1 is 1.03 bits per heavy atom. The summed E-state index contributed by atoms with van der Waals surface area (Å²) >= 11 is 0. The number of pyridine rings is 1. The molecular formula is C18H15F6N3O3S. The number of hydrogen-bond acceptors (Lipinski definition) is 5. The monoisotopic (exact) mass is 467 g/mol. The van der Waals surface area contributed by atoms with Crippen LogP contribution in [-0.2, 0) is 16.6 Å². The molecule has 1 aromatic carbocycles. The van der Waals surface area contributed by atoms with Crippen molar-refractivity contribution in [2.75, 3.05) is 13.2 Å². The number of fused-ring (bicyclic) bond motifs is 1. The Hall–Kier alpha value is -2.83. The van der Waals surface area contributed by atoms with Gasteiger partial charge in [0.05, 0.1) is 33.3 Å². The number of alkyl halides is 6. The summed E-state index contributed by atoms with van der Waals surface area (Å²) in [6, 6.07) is 5.28. The second-order valence-electron chi connectivity index (χ2n) is 6.40. The minimum absolute atomic E-state index is 0.0320. The molecule has 0 aliphatic rings. The van der Waals surface area contributed by atoms with Crippen LogP contribution >= 0.6 is 0 Å². The summed E-state index contributed by atoms with van der Waals surface area (Å²) in [4.78, 5) is 10.9. The van der Waals surface area contributed by atoms with Gasteiger partial charge in [0, 0.05) is 17.8 Å². The molecule has 0 saturated carbocycles. The van der Waals surface area contributed by atoms with Gasteiger partial charge in [-0.2, -0.15) is 26.3 Å². The fraction of sp³-hybridized carbons (Fsp3) is 0.333. The summed E-state index contributed by atoms with van der Waals surface area (Å²) < 4.78 is 96.1. The second kappa shape index (κ2) is 8.73. The molecule has 0 amide bonds. The van der Waals surface area contributed by atoms with Crippen LogP contribution in [0.5, 0.6) is 11.5 Å². The molecule has 3 rings (SSSR count). The number of benzene rings is 1. The SMILES string of the molecule is Cc1c(OCC(F)(F)F)ccnc1CS(=O)c1nc2ccc(OCC(F)(F)F)cc2[nH]1. The lowest BCUT2D eigenvalue weighted by molar-refractivity contribution is -0.154. The highest BCUT2D eigenvalue weighted by molar-refractivity contribution is 7.84. The highest BCUT2D eigenvalue weighted by Gasteiger charge is 2.29. The third-order valence-corrected chi connectivity index (χ3v) is 5.13. The van der Waals surface area contributed by atoms with Crippen LogP contribution in [0.2, 0.25) is 0 Å². The Morgan fingerprint density at radius 2 is 1.71 bits per heavy atom. The molecule has 0 fully saturated rings. The van der Waals surface area contributed by atoms with Crippen LogP contribution < -0.4 is 9.47 Å². The predicted molar refractivity (Wildman–Crippen MR) is 98.3 cm³/mol. The lowest BCUT2D eigenvalue weighted by Gasteiger charge is -2.13. The molecule has 0 aliphatic heterocycles. The van der Waals surface area contributed by atoms with Crippen LogP contribution in [0.25, 0.3) is 11.0 Å². The van der Waals surface area contributed by atoms with Gasteiger partial charge in [0.25, 0.3) is 0 Å². The Morgan fingerprint density at radius 3 is 2.39 bits per heavy atom. The number of rotatable bonds is 7. The number of H-pyrrole nitrogens is 1. The van der Waals surface area contributed by atoms with E-state index in [-0.39, 0.29) is 28.1 Å². The Kier molecular flexibility index (Phi) is 6.43. The van der Waals surface area contributed by atoms with Crippen molar-refractivity contribution in [2.45, 2.75) is 30.2 Å². The molecule has 0 radical (unpaired) electrons. The standard InChI is InChI=1S/C18H15F6N3O3S/c1-10-14(25-5-4-15(10)30-9-18(22,23)24)7-31(28)16-26-12-3-2-11(6-13(12)27-16)29-8-17(19,20)21/h2-6H,7-9H2,1H3,(H,26,27). The maximum atomic E-state index is 12.7. The fourth-order valence-corrected chi connectivity index (χ4v) is 3.64. The highest BCUT2D eigenvalue weighted by Crippen LogP contribution is 2.26. The van der Waals surface area contributed by atoms with E-state index >= 15 is 0 Å². The first-order chi connectivity index (χ1) is 14.4. The van der Waals surface area contributed by atoms with E-state index in [4.69, 9.17) is 4.74 Å². The summed E-state index contributed by atoms with van der Waals surface area (Å²) in [7, 11) is -1.76. The molecule has 31 heavy (non-hydrogen) atoms. The average Bonchev–Trinajstić information content (AvgIpc) is 3.09. The summed E-state index contributed by atoms with van der Waals surface area (Å²) in [5, 5.41) is 0.0331. The molecule has 0 saturated heterocycles. The number of hydrogen-bond donors (Lipinski definition) is 1. The summed E-state index contributed by atoms with van der Waals surface area (Å²) in [5.74, 6) is -0.236. The lowest BCUT2D eigenvalue weighted by Crippen LogP contribution is -2.19. The van der Waals surface area contributed by atoms with Gasteiger partial charge in [-0.1, -0.05) is 0 Å². The second-order valence-corrected chi connectivity index (χ2v) is 7.77. The van der Waals surface area contributed by atoms with Crippen molar-refractivity contribution in [1.82, 2.24) is 15.0 Å². The van der Waals surface area contributed by atoms with Gasteiger partial charge < -0.3 is 14.5 Å². The Labute approximate surface area is 174 Å². The molecule has 6 nitrogen and oxygen atoms in total. The molecule has 3 aromatic rings. The average molecular weight is 467 g/mol. The lowest BCUT2D eigenvalue weighted by atomic mass is 10.2. The minimum Gasteiger partial charge on any atom is -0.484 e. The molecule has 0 bridgehead atoms. The maximum absolute atomic E-state index is 12.7. The number of aromatic amines is 1. The van der Waals surface area contributed by atoms with E-state index in [1.165, 1.54) is 37.4 Å². The topological polar surface area (TPSA) is 77.1 Å². The van der Waals surface area contributed by atoms with Crippen LogP contribution in [-0.4, -0.2) is 44.7 Å². The third kappa shape index (κ3) is 6.32. The van der Waals surface area contributed by atoms with Crippen molar-refractivity contribution in [2.24, 2.45) is 0 Å². The molecule has 2 heterocycles. The van der Waals surface area contributed by atoms with Gasteiger partial charge in [-0.15, -0.1) is 0 Å². The van der Waals surface area contributed by atoms with Crippen LogP contribution in [0.4, 0.5) is 26.3 Å². The molecular weight excluding hydrogens is 452 g/mol. The zero-order valence-corrected chi connectivity index (χ0v) is 16.6. The molecule has 0 spiro atoms. The van der Waals surface area contributed by atoms with E-state index in [0.29, 0.717) is 16.6 Å². The van der Waals surface area contributed by atoms with E-state index in [1.54, 1.807) is 0 Å². The van der Waals surface area contributed by atoms with E-state index in [0.717, 1.165) is 0 Å². The number of halogens is 6. The van der Waals surface area contributed by atoms with Crippen molar-refractivity contribution >= 4 is 21.8 Å². The van der Waals surface area contributed by atoms with Crippen LogP contribution in [0.1, 0.15) is 11.3 Å². The van der Waals surface area contributed by atoms with Crippen molar-refractivity contribution in [3.63, 3.8) is 0 Å². The van der Waals surface area contributed by atoms with Gasteiger partial charge >= 0.3 is 12.4 Å². The quantitative estimate of drug-likeness (QED) is 0.520. The third-order valence-electron chi connectivity index (χ3n) is 3.97. The van der Waals surface area contributed by atoms with E-state index < -0.39 is 36.4 Å². The minimum atomic E-state index is -4.50. The van der Waals surface area contributed by atoms with Crippen LogP contribution in [0.3, 0.4) is 0 Å². The van der Waals surface area contributed by atoms with Crippen molar-refractivity contribution in [3.8, 4) is 11.5 Å². The smallest absolute Gasteiger partial charge is 0.422 e. The molecule has 1 atom stereocenters. The fourth-order valence-electron chi connectivity index (χ4n) is 2.54. The summed E-state index contributed by atoms with van der Waals surface area (Å²) in [6.45, 7) is -1.43. The van der Waals surface area contributed by atoms with Crippen LogP contribution in [0.15, 0.2) is 35.6 Å². The molecule has 1 unspecified atom stereocenters. The van der Waals surface area contributed by atoms with E-state index in [1.807, 2.05) is 0 Å². The Balaban J connectivity index is 1.74. The number of ether oxygens (including phenoxy) is 2. The molecule has 2 aromatic heterocycles. The van der Waals surface area contributed by atoms with Gasteiger partial charge in [-0.3, -0.25) is 9.19 Å². The van der Waals surface area contributed by atoms with Gasteiger partial charge in [-0.25, -0.2) is 4.98 Å². The van der Waals surface area contributed by atoms with Crippen molar-refractivity contribution in [1.29, 1.82) is 0 Å². The highest BCUT2D eigenvalue weighted by atomic mass is 32.2. The molecule has 0 aliphatic carbocycles. The molecule has 168 valence electrons. The van der Waals surface area contributed by atoms with Crippen molar-refractivity contribution < 1.29 is 40.0 Å². The van der Waals surface area contributed by atoms with Gasteiger partial charge in [0.1, 0.15) is 11.5 Å². The van der Waals surface area contributed by atoms with Crippen LogP contribution in [0, 0.1) is 6.92 Å². The van der Waals surface area contributed by atoms with Crippen molar-refractivity contribution in [3.05, 3.63) is 41.7 Å². The number of aromatic nitrogens is 3. The number of nitrogens with zero attached hydrogens (tertiary/aromatic N) is 2. The predicted octanol–water partition coefficient (Wildman–Crippen LogP) is 4.46. The first kappa shape index (κ1) is 22.8.